The first-order valence-electron chi connectivity index (χ1n) is 6.12. The van der Waals surface area contributed by atoms with Crippen LogP contribution in [0.4, 0.5) is 0 Å². The number of carbonyl (C=O) groups is 2. The van der Waals surface area contributed by atoms with E-state index in [0.717, 1.165) is 10.0 Å². The van der Waals surface area contributed by atoms with Crippen LogP contribution in [0, 0.1) is 6.92 Å². The molecular formula is C14H17BrO4. The maximum absolute atomic E-state index is 11.7. The molecule has 104 valence electrons. The van der Waals surface area contributed by atoms with Crippen LogP contribution in [0.15, 0.2) is 16.6 Å². The third-order valence-corrected chi connectivity index (χ3v) is 3.03. The monoisotopic (exact) mass is 328 g/mol. The summed E-state index contributed by atoms with van der Waals surface area (Å²) in [4.78, 5) is 22.8. The zero-order valence-electron chi connectivity index (χ0n) is 11.2. The summed E-state index contributed by atoms with van der Waals surface area (Å²) < 4.78 is 11.4. The van der Waals surface area contributed by atoms with Gasteiger partial charge in [-0.15, -0.1) is 0 Å². The van der Waals surface area contributed by atoms with E-state index in [1.165, 1.54) is 0 Å². The summed E-state index contributed by atoms with van der Waals surface area (Å²) in [6, 6.07) is 3.49. The highest BCUT2D eigenvalue weighted by Crippen LogP contribution is 2.28. The molecule has 0 aliphatic carbocycles. The summed E-state index contributed by atoms with van der Waals surface area (Å²) in [6.07, 6.45) is 0.496. The summed E-state index contributed by atoms with van der Waals surface area (Å²) in [5.74, 6) is 0.0160. The number of carbonyl (C=O) groups excluding carboxylic acids is 2. The van der Waals surface area contributed by atoms with Gasteiger partial charge in [0.1, 0.15) is 5.75 Å². The Labute approximate surface area is 121 Å². The van der Waals surface area contributed by atoms with Crippen molar-refractivity contribution in [1.29, 1.82) is 0 Å². The molecule has 19 heavy (non-hydrogen) atoms. The Bertz CT molecular complexity index is 471. The van der Waals surface area contributed by atoms with Crippen LogP contribution in [0.2, 0.25) is 0 Å². The molecule has 4 nitrogen and oxygen atoms in total. The van der Waals surface area contributed by atoms with E-state index in [-0.39, 0.29) is 0 Å². The second-order valence-corrected chi connectivity index (χ2v) is 4.94. The molecule has 0 saturated carbocycles. The van der Waals surface area contributed by atoms with Crippen molar-refractivity contribution >= 4 is 28.2 Å². The standard InChI is InChI=1S/C14H17BrO4/c1-4-12(14(17)18-5-2)19-13-9(3)6-11(15)7-10(13)8-16/h6-8,12H,4-5H2,1-3H3. The Hall–Kier alpha value is -1.36. The summed E-state index contributed by atoms with van der Waals surface area (Å²) in [5, 5.41) is 0. The Morgan fingerprint density at radius 3 is 2.63 bits per heavy atom. The summed E-state index contributed by atoms with van der Waals surface area (Å²) >= 11 is 3.32. The van der Waals surface area contributed by atoms with Crippen molar-refractivity contribution in [3.05, 3.63) is 27.7 Å². The number of aryl methyl sites for hydroxylation is 1. The van der Waals surface area contributed by atoms with Gasteiger partial charge in [-0.1, -0.05) is 22.9 Å². The fourth-order valence-electron chi connectivity index (χ4n) is 1.68. The van der Waals surface area contributed by atoms with Gasteiger partial charge in [-0.05, 0) is 38.0 Å². The molecule has 1 atom stereocenters. The van der Waals surface area contributed by atoms with Gasteiger partial charge in [0.05, 0.1) is 12.2 Å². The van der Waals surface area contributed by atoms with Crippen LogP contribution in [0.25, 0.3) is 0 Å². The van der Waals surface area contributed by atoms with E-state index >= 15 is 0 Å². The molecule has 0 aromatic heterocycles. The number of aldehydes is 1. The van der Waals surface area contributed by atoms with E-state index < -0.39 is 12.1 Å². The van der Waals surface area contributed by atoms with Gasteiger partial charge < -0.3 is 9.47 Å². The number of hydrogen-bond donors (Lipinski definition) is 0. The van der Waals surface area contributed by atoms with Crippen LogP contribution < -0.4 is 4.74 Å². The van der Waals surface area contributed by atoms with E-state index in [9.17, 15) is 9.59 Å². The third kappa shape index (κ3) is 4.06. The van der Waals surface area contributed by atoms with Gasteiger partial charge in [0, 0.05) is 4.47 Å². The average molecular weight is 329 g/mol. The predicted molar refractivity (Wildman–Crippen MR) is 75.6 cm³/mol. The van der Waals surface area contributed by atoms with E-state index in [1.54, 1.807) is 13.0 Å². The molecule has 0 aliphatic heterocycles. The number of hydrogen-bond acceptors (Lipinski definition) is 4. The Morgan fingerprint density at radius 2 is 2.11 bits per heavy atom. The molecule has 0 heterocycles. The predicted octanol–water partition coefficient (Wildman–Crippen LogP) is 3.29. The normalized spacial score (nSPS) is 11.8. The minimum atomic E-state index is -0.696. The molecule has 1 aromatic carbocycles. The average Bonchev–Trinajstić information content (AvgIpc) is 2.37. The highest BCUT2D eigenvalue weighted by atomic mass is 79.9. The second kappa shape index (κ2) is 7.28. The molecule has 0 bridgehead atoms. The fraction of sp³-hybridized carbons (Fsp3) is 0.429. The maximum Gasteiger partial charge on any atom is 0.347 e. The van der Waals surface area contributed by atoms with Crippen LogP contribution in [-0.4, -0.2) is 25.0 Å². The SMILES string of the molecule is CCOC(=O)C(CC)Oc1c(C)cc(Br)cc1C=O. The quantitative estimate of drug-likeness (QED) is 0.594. The lowest BCUT2D eigenvalue weighted by atomic mass is 10.1. The Balaban J connectivity index is 3.03. The first kappa shape index (κ1) is 15.7. The van der Waals surface area contributed by atoms with Gasteiger partial charge in [-0.25, -0.2) is 4.79 Å². The zero-order valence-corrected chi connectivity index (χ0v) is 12.8. The lowest BCUT2D eigenvalue weighted by molar-refractivity contribution is -0.151. The first-order valence-corrected chi connectivity index (χ1v) is 6.91. The molecule has 1 rings (SSSR count). The molecular weight excluding hydrogens is 312 g/mol. The van der Waals surface area contributed by atoms with E-state index in [2.05, 4.69) is 15.9 Å². The second-order valence-electron chi connectivity index (χ2n) is 4.03. The minimum absolute atomic E-state index is 0.304. The summed E-state index contributed by atoms with van der Waals surface area (Å²) in [6.45, 7) is 5.70. The molecule has 0 spiro atoms. The molecule has 1 aromatic rings. The van der Waals surface area contributed by atoms with Gasteiger partial charge in [0.25, 0.3) is 0 Å². The summed E-state index contributed by atoms with van der Waals surface area (Å²) in [7, 11) is 0. The number of ether oxygens (including phenoxy) is 2. The van der Waals surface area contributed by atoms with Crippen molar-refractivity contribution in [2.24, 2.45) is 0 Å². The molecule has 0 radical (unpaired) electrons. The lowest BCUT2D eigenvalue weighted by Gasteiger charge is -2.19. The van der Waals surface area contributed by atoms with Crippen molar-refractivity contribution in [3.8, 4) is 5.75 Å². The van der Waals surface area contributed by atoms with Crippen LogP contribution in [0.5, 0.6) is 5.75 Å². The lowest BCUT2D eigenvalue weighted by Crippen LogP contribution is -2.29. The largest absolute Gasteiger partial charge is 0.478 e. The summed E-state index contributed by atoms with van der Waals surface area (Å²) in [5.41, 5.74) is 1.20. The molecule has 5 heteroatoms. The van der Waals surface area contributed by atoms with Gasteiger partial charge in [0.2, 0.25) is 0 Å². The number of benzene rings is 1. The maximum atomic E-state index is 11.7. The van der Waals surface area contributed by atoms with Crippen LogP contribution >= 0.6 is 15.9 Å². The van der Waals surface area contributed by atoms with Crippen molar-refractivity contribution in [2.75, 3.05) is 6.61 Å². The number of halogens is 1. The topological polar surface area (TPSA) is 52.6 Å². The number of esters is 1. The Kier molecular flexibility index (Phi) is 6.02. The van der Waals surface area contributed by atoms with Gasteiger partial charge in [-0.2, -0.15) is 0 Å². The zero-order chi connectivity index (χ0) is 14.4. The van der Waals surface area contributed by atoms with Crippen LogP contribution in [-0.2, 0) is 9.53 Å². The van der Waals surface area contributed by atoms with Gasteiger partial charge in [-0.3, -0.25) is 4.79 Å². The fourth-order valence-corrected chi connectivity index (χ4v) is 2.27. The Morgan fingerprint density at radius 1 is 1.42 bits per heavy atom. The molecule has 1 unspecified atom stereocenters. The van der Waals surface area contributed by atoms with E-state index in [4.69, 9.17) is 9.47 Å². The third-order valence-electron chi connectivity index (χ3n) is 2.58. The first-order chi connectivity index (χ1) is 9.03. The van der Waals surface area contributed by atoms with E-state index in [1.807, 2.05) is 19.9 Å². The highest BCUT2D eigenvalue weighted by Gasteiger charge is 2.22. The van der Waals surface area contributed by atoms with E-state index in [0.29, 0.717) is 30.6 Å². The van der Waals surface area contributed by atoms with Gasteiger partial charge in [0.15, 0.2) is 12.4 Å². The highest BCUT2D eigenvalue weighted by molar-refractivity contribution is 9.10. The van der Waals surface area contributed by atoms with Crippen molar-refractivity contribution in [3.63, 3.8) is 0 Å². The molecule has 0 N–H and O–H groups in total. The smallest absolute Gasteiger partial charge is 0.347 e. The van der Waals surface area contributed by atoms with Gasteiger partial charge >= 0.3 is 5.97 Å². The molecule has 0 saturated heterocycles. The van der Waals surface area contributed by atoms with Crippen LogP contribution in [0.3, 0.4) is 0 Å². The van der Waals surface area contributed by atoms with Crippen molar-refractivity contribution < 1.29 is 19.1 Å². The van der Waals surface area contributed by atoms with Crippen LogP contribution in [0.1, 0.15) is 36.2 Å². The molecule has 0 aliphatic rings. The number of rotatable bonds is 6. The molecule has 0 amide bonds. The van der Waals surface area contributed by atoms with Crippen molar-refractivity contribution in [2.45, 2.75) is 33.3 Å². The molecule has 0 fully saturated rings. The van der Waals surface area contributed by atoms with Crippen molar-refractivity contribution in [1.82, 2.24) is 0 Å². The minimum Gasteiger partial charge on any atom is -0.478 e.